The zero-order valence-electron chi connectivity index (χ0n) is 16.5. The summed E-state index contributed by atoms with van der Waals surface area (Å²) in [7, 11) is 0. The minimum atomic E-state index is -0.887. The maximum absolute atomic E-state index is 11.6. The standard InChI is InChI=1S/C21H40O4/c1-3-4-5-6-7-8-9-10-11-12-13-14-15-16-21(2)19(23)18(17-22)20(24)25-21/h18-19,22-23H,3-17H2,1-2H3/t18-,19-,21-/m0/s1. The van der Waals surface area contributed by atoms with Gasteiger partial charge in [0.05, 0.1) is 6.61 Å². The molecule has 0 aromatic rings. The van der Waals surface area contributed by atoms with E-state index in [1.165, 1.54) is 70.6 Å². The molecular formula is C21H40O4. The van der Waals surface area contributed by atoms with Gasteiger partial charge in [0.2, 0.25) is 0 Å². The molecule has 0 saturated carbocycles. The van der Waals surface area contributed by atoms with E-state index in [1.54, 1.807) is 6.92 Å². The molecule has 2 N–H and O–H groups in total. The Hall–Kier alpha value is -0.610. The molecule has 4 heteroatoms. The summed E-state index contributed by atoms with van der Waals surface area (Å²) < 4.78 is 5.32. The summed E-state index contributed by atoms with van der Waals surface area (Å²) in [5, 5.41) is 19.3. The van der Waals surface area contributed by atoms with Crippen LogP contribution in [0.4, 0.5) is 0 Å². The molecule has 0 amide bonds. The van der Waals surface area contributed by atoms with Crippen molar-refractivity contribution in [2.24, 2.45) is 5.92 Å². The van der Waals surface area contributed by atoms with Crippen molar-refractivity contribution in [3.8, 4) is 0 Å². The first kappa shape index (κ1) is 22.4. The van der Waals surface area contributed by atoms with Crippen LogP contribution in [0, 0.1) is 5.92 Å². The van der Waals surface area contributed by atoms with Crippen molar-refractivity contribution >= 4 is 5.97 Å². The van der Waals surface area contributed by atoms with Gasteiger partial charge in [-0.05, 0) is 19.8 Å². The Bertz CT molecular complexity index is 358. The highest BCUT2D eigenvalue weighted by atomic mass is 16.6. The lowest BCUT2D eigenvalue weighted by Crippen LogP contribution is -2.39. The summed E-state index contributed by atoms with van der Waals surface area (Å²) in [4.78, 5) is 11.6. The van der Waals surface area contributed by atoms with Crippen LogP contribution in [-0.4, -0.2) is 34.5 Å². The monoisotopic (exact) mass is 356 g/mol. The van der Waals surface area contributed by atoms with Crippen molar-refractivity contribution in [3.05, 3.63) is 0 Å². The van der Waals surface area contributed by atoms with E-state index in [4.69, 9.17) is 9.84 Å². The zero-order valence-corrected chi connectivity index (χ0v) is 16.5. The van der Waals surface area contributed by atoms with Crippen molar-refractivity contribution in [1.29, 1.82) is 0 Å². The lowest BCUT2D eigenvalue weighted by atomic mass is 9.87. The predicted octanol–water partition coefficient (Wildman–Crippen LogP) is 4.75. The number of aliphatic hydroxyl groups excluding tert-OH is 2. The Morgan fingerprint density at radius 3 is 1.72 bits per heavy atom. The lowest BCUT2D eigenvalue weighted by molar-refractivity contribution is -0.151. The van der Waals surface area contributed by atoms with Crippen LogP contribution in [0.5, 0.6) is 0 Å². The second-order valence-electron chi connectivity index (χ2n) is 7.96. The Kier molecular flexibility index (Phi) is 11.4. The highest BCUT2D eigenvalue weighted by Crippen LogP contribution is 2.35. The molecule has 0 aromatic heterocycles. The summed E-state index contributed by atoms with van der Waals surface area (Å²) in [6.07, 6.45) is 16.7. The van der Waals surface area contributed by atoms with Gasteiger partial charge in [0.1, 0.15) is 17.6 Å². The molecule has 148 valence electrons. The number of ether oxygens (including phenoxy) is 1. The van der Waals surface area contributed by atoms with Crippen LogP contribution >= 0.6 is 0 Å². The van der Waals surface area contributed by atoms with Crippen LogP contribution in [0.1, 0.15) is 104 Å². The smallest absolute Gasteiger partial charge is 0.314 e. The van der Waals surface area contributed by atoms with Crippen molar-refractivity contribution in [1.82, 2.24) is 0 Å². The number of hydrogen-bond donors (Lipinski definition) is 2. The number of rotatable bonds is 15. The molecule has 0 bridgehead atoms. The Labute approximate surface area is 154 Å². The number of esters is 1. The number of carbonyl (C=O) groups excluding carboxylic acids is 1. The third-order valence-electron chi connectivity index (χ3n) is 5.62. The molecule has 1 aliphatic rings. The molecule has 0 radical (unpaired) electrons. The van der Waals surface area contributed by atoms with Crippen molar-refractivity contribution < 1.29 is 19.7 Å². The second kappa shape index (κ2) is 12.7. The van der Waals surface area contributed by atoms with Crippen LogP contribution < -0.4 is 0 Å². The van der Waals surface area contributed by atoms with E-state index in [0.717, 1.165) is 12.8 Å². The van der Waals surface area contributed by atoms with Crippen LogP contribution in [0.15, 0.2) is 0 Å². The summed E-state index contributed by atoms with van der Waals surface area (Å²) in [5.41, 5.74) is -0.817. The first-order valence-corrected chi connectivity index (χ1v) is 10.6. The van der Waals surface area contributed by atoms with Crippen LogP contribution in [0.3, 0.4) is 0 Å². The number of aliphatic hydroxyl groups is 2. The average molecular weight is 357 g/mol. The number of unbranched alkanes of at least 4 members (excludes halogenated alkanes) is 12. The van der Waals surface area contributed by atoms with Gasteiger partial charge >= 0.3 is 5.97 Å². The first-order chi connectivity index (χ1) is 12.0. The van der Waals surface area contributed by atoms with Crippen molar-refractivity contribution in [2.75, 3.05) is 6.61 Å². The van der Waals surface area contributed by atoms with E-state index in [-0.39, 0.29) is 6.61 Å². The van der Waals surface area contributed by atoms with Crippen molar-refractivity contribution in [3.63, 3.8) is 0 Å². The van der Waals surface area contributed by atoms with Crippen LogP contribution in [0.25, 0.3) is 0 Å². The minimum absolute atomic E-state index is 0.339. The topological polar surface area (TPSA) is 66.8 Å². The fourth-order valence-corrected chi connectivity index (χ4v) is 3.79. The lowest BCUT2D eigenvalue weighted by Gasteiger charge is -2.27. The van der Waals surface area contributed by atoms with Gasteiger partial charge in [-0.1, -0.05) is 84.0 Å². The summed E-state index contributed by atoms with van der Waals surface area (Å²) >= 11 is 0. The molecule has 1 saturated heterocycles. The van der Waals surface area contributed by atoms with E-state index in [0.29, 0.717) is 6.42 Å². The molecule has 0 unspecified atom stereocenters. The first-order valence-electron chi connectivity index (χ1n) is 10.6. The molecule has 1 aliphatic heterocycles. The van der Waals surface area contributed by atoms with Gasteiger partial charge in [0.25, 0.3) is 0 Å². The summed E-state index contributed by atoms with van der Waals surface area (Å²) in [5.74, 6) is -1.24. The average Bonchev–Trinajstić information content (AvgIpc) is 2.80. The normalized spacial score (nSPS) is 26.2. The molecule has 0 aliphatic carbocycles. The fourth-order valence-electron chi connectivity index (χ4n) is 3.79. The molecule has 1 rings (SSSR count). The Morgan fingerprint density at radius 2 is 1.32 bits per heavy atom. The number of carbonyl (C=O) groups is 1. The van der Waals surface area contributed by atoms with E-state index >= 15 is 0 Å². The zero-order chi connectivity index (χ0) is 18.5. The molecule has 3 atom stereocenters. The minimum Gasteiger partial charge on any atom is -0.456 e. The van der Waals surface area contributed by atoms with Gasteiger partial charge < -0.3 is 14.9 Å². The highest BCUT2D eigenvalue weighted by Gasteiger charge is 2.51. The quantitative estimate of drug-likeness (QED) is 0.328. The molecular weight excluding hydrogens is 316 g/mol. The van der Waals surface area contributed by atoms with E-state index < -0.39 is 23.6 Å². The Morgan fingerprint density at radius 1 is 0.880 bits per heavy atom. The van der Waals surface area contributed by atoms with Gasteiger partial charge in [-0.2, -0.15) is 0 Å². The van der Waals surface area contributed by atoms with Gasteiger partial charge in [0.15, 0.2) is 0 Å². The third-order valence-corrected chi connectivity index (χ3v) is 5.62. The molecule has 1 fully saturated rings. The molecule has 4 nitrogen and oxygen atoms in total. The molecule has 25 heavy (non-hydrogen) atoms. The maximum Gasteiger partial charge on any atom is 0.314 e. The third kappa shape index (κ3) is 8.08. The highest BCUT2D eigenvalue weighted by molar-refractivity contribution is 5.76. The van der Waals surface area contributed by atoms with Crippen molar-refractivity contribution in [2.45, 2.75) is 115 Å². The van der Waals surface area contributed by atoms with Gasteiger partial charge in [0, 0.05) is 0 Å². The van der Waals surface area contributed by atoms with Gasteiger partial charge in [-0.25, -0.2) is 0 Å². The number of cyclic esters (lactones) is 1. The van der Waals surface area contributed by atoms with Crippen LogP contribution in [0.2, 0.25) is 0 Å². The Balaban J connectivity index is 1.94. The number of hydrogen-bond acceptors (Lipinski definition) is 4. The summed E-state index contributed by atoms with van der Waals surface area (Å²) in [6, 6.07) is 0. The van der Waals surface area contributed by atoms with Crippen LogP contribution in [-0.2, 0) is 9.53 Å². The molecule has 1 heterocycles. The fraction of sp³-hybridized carbons (Fsp3) is 0.952. The van der Waals surface area contributed by atoms with Gasteiger partial charge in [-0.15, -0.1) is 0 Å². The van der Waals surface area contributed by atoms with E-state index in [9.17, 15) is 9.90 Å². The van der Waals surface area contributed by atoms with E-state index in [2.05, 4.69) is 6.92 Å². The summed E-state index contributed by atoms with van der Waals surface area (Å²) in [6.45, 7) is 3.70. The van der Waals surface area contributed by atoms with E-state index in [1.807, 2.05) is 0 Å². The van der Waals surface area contributed by atoms with Gasteiger partial charge in [-0.3, -0.25) is 4.79 Å². The largest absolute Gasteiger partial charge is 0.456 e. The molecule has 0 spiro atoms. The SMILES string of the molecule is CCCCCCCCCCCCCCC[C@]1(C)OC(=O)[C@@H](CO)[C@@H]1O. The second-order valence-corrected chi connectivity index (χ2v) is 7.96. The maximum atomic E-state index is 11.6. The predicted molar refractivity (Wildman–Crippen MR) is 101 cm³/mol. The molecule has 0 aromatic carbocycles.